The monoisotopic (exact) mass is 461 g/mol. The van der Waals surface area contributed by atoms with Gasteiger partial charge in [-0.15, -0.1) is 0 Å². The van der Waals surface area contributed by atoms with Gasteiger partial charge in [-0.1, -0.05) is 36.4 Å². The van der Waals surface area contributed by atoms with Crippen molar-refractivity contribution in [1.29, 1.82) is 0 Å². The summed E-state index contributed by atoms with van der Waals surface area (Å²) < 4.78 is 2.31. The molecule has 3 aromatic carbocycles. The van der Waals surface area contributed by atoms with Crippen LogP contribution < -0.4 is 10.6 Å². The summed E-state index contributed by atoms with van der Waals surface area (Å²) in [5.74, 6) is 0.842. The average molecular weight is 462 g/mol. The van der Waals surface area contributed by atoms with Crippen LogP contribution in [0.4, 0.5) is 5.69 Å². The van der Waals surface area contributed by atoms with Crippen LogP contribution in [0.3, 0.4) is 0 Å². The van der Waals surface area contributed by atoms with Crippen LogP contribution in [0.1, 0.15) is 25.8 Å². The number of benzene rings is 3. The summed E-state index contributed by atoms with van der Waals surface area (Å²) >= 11 is 0. The minimum atomic E-state index is -0.0786. The Balaban J connectivity index is 1.46. The third-order valence-corrected chi connectivity index (χ3v) is 6.75. The Morgan fingerprint density at radius 2 is 1.66 bits per heavy atom. The Morgan fingerprint density at radius 3 is 2.43 bits per heavy atom. The molecule has 0 radical (unpaired) electrons. The molecule has 0 bridgehead atoms. The van der Waals surface area contributed by atoms with E-state index in [9.17, 15) is 4.79 Å². The topological polar surface area (TPSA) is 71.8 Å². The van der Waals surface area contributed by atoms with Gasteiger partial charge >= 0.3 is 0 Å². The SMILES string of the molecule is CC(=O)Nc1ccc(-c2nc3cc(-c4ccc5ccccc5c4)cnc3n2C2CCNCC2)cc1. The van der Waals surface area contributed by atoms with Crippen LogP contribution in [-0.4, -0.2) is 33.5 Å². The number of nitrogens with one attached hydrogen (secondary N) is 2. The molecule has 0 atom stereocenters. The second-order valence-corrected chi connectivity index (χ2v) is 9.17. The zero-order valence-corrected chi connectivity index (χ0v) is 19.7. The first-order chi connectivity index (χ1) is 17.2. The number of carbonyl (C=O) groups excluding carboxylic acids is 1. The first-order valence-electron chi connectivity index (χ1n) is 12.1. The third kappa shape index (κ3) is 4.17. The predicted molar refractivity (Wildman–Crippen MR) is 141 cm³/mol. The molecule has 2 aromatic heterocycles. The van der Waals surface area contributed by atoms with Crippen LogP contribution in [0.25, 0.3) is 44.5 Å². The molecule has 2 N–H and O–H groups in total. The summed E-state index contributed by atoms with van der Waals surface area (Å²) in [6.45, 7) is 3.49. The molecule has 1 saturated heterocycles. The van der Waals surface area contributed by atoms with Crippen molar-refractivity contribution in [3.8, 4) is 22.5 Å². The van der Waals surface area contributed by atoms with Crippen LogP contribution in [0.5, 0.6) is 0 Å². The van der Waals surface area contributed by atoms with Gasteiger partial charge in [0, 0.05) is 36.0 Å². The third-order valence-electron chi connectivity index (χ3n) is 6.75. The number of hydrogen-bond donors (Lipinski definition) is 2. The number of carbonyl (C=O) groups is 1. The molecule has 0 aliphatic carbocycles. The summed E-state index contributed by atoms with van der Waals surface area (Å²) in [4.78, 5) is 21.5. The number of imidazole rings is 1. The first kappa shape index (κ1) is 21.5. The van der Waals surface area contributed by atoms with Crippen LogP contribution >= 0.6 is 0 Å². The van der Waals surface area contributed by atoms with E-state index < -0.39 is 0 Å². The highest BCUT2D eigenvalue weighted by molar-refractivity contribution is 5.90. The van der Waals surface area contributed by atoms with E-state index in [1.54, 1.807) is 0 Å². The summed E-state index contributed by atoms with van der Waals surface area (Å²) in [5.41, 5.74) is 5.81. The molecule has 0 spiro atoms. The van der Waals surface area contributed by atoms with E-state index in [2.05, 4.69) is 63.7 Å². The fraction of sp³-hybridized carbons (Fsp3) is 0.207. The van der Waals surface area contributed by atoms with Crippen molar-refractivity contribution >= 4 is 33.5 Å². The van der Waals surface area contributed by atoms with Gasteiger partial charge in [-0.2, -0.15) is 0 Å². The van der Waals surface area contributed by atoms with E-state index >= 15 is 0 Å². The summed E-state index contributed by atoms with van der Waals surface area (Å²) in [7, 11) is 0. The second kappa shape index (κ2) is 8.96. The lowest BCUT2D eigenvalue weighted by molar-refractivity contribution is -0.114. The number of amides is 1. The van der Waals surface area contributed by atoms with Gasteiger partial charge in [-0.05, 0) is 78.7 Å². The maximum Gasteiger partial charge on any atom is 0.221 e. The Morgan fingerprint density at radius 1 is 0.914 bits per heavy atom. The van der Waals surface area contributed by atoms with Crippen molar-refractivity contribution in [2.75, 3.05) is 18.4 Å². The van der Waals surface area contributed by atoms with E-state index in [4.69, 9.17) is 9.97 Å². The summed E-state index contributed by atoms with van der Waals surface area (Å²) in [6.07, 6.45) is 4.04. The highest BCUT2D eigenvalue weighted by Crippen LogP contribution is 2.34. The molecule has 1 aliphatic rings. The Bertz CT molecular complexity index is 1530. The highest BCUT2D eigenvalue weighted by Gasteiger charge is 2.23. The van der Waals surface area contributed by atoms with Crippen molar-refractivity contribution in [1.82, 2.24) is 19.9 Å². The zero-order chi connectivity index (χ0) is 23.8. The molecule has 6 nitrogen and oxygen atoms in total. The van der Waals surface area contributed by atoms with Gasteiger partial charge < -0.3 is 15.2 Å². The molecular weight excluding hydrogens is 434 g/mol. The number of fused-ring (bicyclic) bond motifs is 2. The largest absolute Gasteiger partial charge is 0.326 e. The number of anilines is 1. The van der Waals surface area contributed by atoms with Gasteiger partial charge in [0.25, 0.3) is 0 Å². The maximum atomic E-state index is 11.4. The van der Waals surface area contributed by atoms with Gasteiger partial charge in [0.15, 0.2) is 5.65 Å². The van der Waals surface area contributed by atoms with Crippen LogP contribution in [0.15, 0.2) is 79.0 Å². The number of rotatable bonds is 4. The van der Waals surface area contributed by atoms with E-state index in [1.807, 2.05) is 30.5 Å². The van der Waals surface area contributed by atoms with Crippen molar-refractivity contribution in [2.45, 2.75) is 25.8 Å². The minimum absolute atomic E-state index is 0.0786. The van der Waals surface area contributed by atoms with E-state index in [0.717, 1.165) is 65.3 Å². The van der Waals surface area contributed by atoms with E-state index in [0.29, 0.717) is 6.04 Å². The lowest BCUT2D eigenvalue weighted by atomic mass is 10.0. The molecule has 1 aliphatic heterocycles. The summed E-state index contributed by atoms with van der Waals surface area (Å²) in [6, 6.07) is 25.3. The highest BCUT2D eigenvalue weighted by atomic mass is 16.1. The molecule has 0 saturated carbocycles. The number of hydrogen-bond acceptors (Lipinski definition) is 4. The molecule has 0 unspecified atom stereocenters. The number of piperidine rings is 1. The average Bonchev–Trinajstić information content (AvgIpc) is 3.28. The molecule has 6 rings (SSSR count). The molecule has 174 valence electrons. The molecule has 35 heavy (non-hydrogen) atoms. The molecule has 3 heterocycles. The minimum Gasteiger partial charge on any atom is -0.326 e. The van der Waals surface area contributed by atoms with Crippen molar-refractivity contribution in [2.24, 2.45) is 0 Å². The van der Waals surface area contributed by atoms with Gasteiger partial charge in [0.2, 0.25) is 5.91 Å². The van der Waals surface area contributed by atoms with Gasteiger partial charge in [-0.25, -0.2) is 9.97 Å². The van der Waals surface area contributed by atoms with Crippen molar-refractivity contribution in [3.63, 3.8) is 0 Å². The molecule has 5 aromatic rings. The fourth-order valence-corrected chi connectivity index (χ4v) is 5.03. The molecule has 6 heteroatoms. The van der Waals surface area contributed by atoms with Gasteiger partial charge in [0.1, 0.15) is 11.3 Å². The number of pyridine rings is 1. The number of nitrogens with zero attached hydrogens (tertiary/aromatic N) is 3. The first-order valence-corrected chi connectivity index (χ1v) is 12.1. The number of aromatic nitrogens is 3. The quantitative estimate of drug-likeness (QED) is 0.355. The molecule has 1 fully saturated rings. The zero-order valence-electron chi connectivity index (χ0n) is 19.7. The van der Waals surface area contributed by atoms with Crippen LogP contribution in [0, 0.1) is 0 Å². The second-order valence-electron chi connectivity index (χ2n) is 9.17. The van der Waals surface area contributed by atoms with Crippen molar-refractivity contribution in [3.05, 3.63) is 79.0 Å². The Kier molecular flexibility index (Phi) is 5.51. The van der Waals surface area contributed by atoms with Crippen LogP contribution in [0.2, 0.25) is 0 Å². The standard InChI is InChI=1S/C29H27N5O/c1-19(35)32-25-10-8-21(9-11-25)28-33-27-17-24(23-7-6-20-4-2-3-5-22(20)16-23)18-31-29(27)34(28)26-12-14-30-15-13-26/h2-11,16-18,26,30H,12-15H2,1H3,(H,32,35). The smallest absolute Gasteiger partial charge is 0.221 e. The molecule has 1 amide bonds. The van der Waals surface area contributed by atoms with E-state index in [1.165, 1.54) is 17.7 Å². The fourth-order valence-electron chi connectivity index (χ4n) is 5.03. The predicted octanol–water partition coefficient (Wildman–Crippen LogP) is 5.80. The van der Waals surface area contributed by atoms with E-state index in [-0.39, 0.29) is 5.91 Å². The van der Waals surface area contributed by atoms with Gasteiger partial charge in [0.05, 0.1) is 0 Å². The van der Waals surface area contributed by atoms with Gasteiger partial charge in [-0.3, -0.25) is 4.79 Å². The Labute approximate surface area is 204 Å². The molecular formula is C29H27N5O. The summed E-state index contributed by atoms with van der Waals surface area (Å²) in [5, 5.41) is 8.74. The normalized spacial score (nSPS) is 14.4. The van der Waals surface area contributed by atoms with Crippen LogP contribution in [-0.2, 0) is 4.79 Å². The lowest BCUT2D eigenvalue weighted by Gasteiger charge is -2.26. The van der Waals surface area contributed by atoms with Crippen molar-refractivity contribution < 1.29 is 4.79 Å². The maximum absolute atomic E-state index is 11.4. The Hall–Kier alpha value is -4.03. The lowest BCUT2D eigenvalue weighted by Crippen LogP contribution is -2.29.